The van der Waals surface area contributed by atoms with Gasteiger partial charge >= 0.3 is 0 Å². The van der Waals surface area contributed by atoms with E-state index in [9.17, 15) is 13.2 Å². The molecular weight excluding hydrogens is 386 g/mol. The highest BCUT2D eigenvalue weighted by Gasteiger charge is 2.17. The van der Waals surface area contributed by atoms with Gasteiger partial charge in [0.05, 0.1) is 11.4 Å². The predicted octanol–water partition coefficient (Wildman–Crippen LogP) is 3.46. The summed E-state index contributed by atoms with van der Waals surface area (Å²) < 4.78 is 22.9. The molecule has 0 unspecified atom stereocenters. The van der Waals surface area contributed by atoms with Crippen LogP contribution in [0.15, 0.2) is 53.4 Å². The average molecular weight is 418 g/mol. The molecule has 7 heteroatoms. The van der Waals surface area contributed by atoms with Gasteiger partial charge in [0.25, 0.3) is 0 Å². The second-order valence-electron chi connectivity index (χ2n) is 8.06. The van der Waals surface area contributed by atoms with Crippen LogP contribution in [-0.4, -0.2) is 20.9 Å². The van der Waals surface area contributed by atoms with Gasteiger partial charge in [-0.25, -0.2) is 13.6 Å². The molecule has 2 aromatic carbocycles. The van der Waals surface area contributed by atoms with E-state index in [0.29, 0.717) is 17.5 Å². The summed E-state index contributed by atoms with van der Waals surface area (Å²) >= 11 is 0. The van der Waals surface area contributed by atoms with Crippen LogP contribution in [0.1, 0.15) is 44.9 Å². The number of nitrogens with one attached hydrogen (secondary N) is 2. The van der Waals surface area contributed by atoms with E-state index in [0.717, 1.165) is 12.0 Å². The number of hydrogen-bond donors (Lipinski definition) is 3. The summed E-state index contributed by atoms with van der Waals surface area (Å²) in [7, 11) is -3.81. The molecule has 1 atom stereocenters. The smallest absolute Gasteiger partial charge is 0.238 e. The highest BCUT2D eigenvalue weighted by molar-refractivity contribution is 7.89. The molecule has 2 aromatic rings. The maximum atomic E-state index is 12.4. The Bertz CT molecular complexity index is 923. The van der Waals surface area contributed by atoms with Crippen molar-refractivity contribution < 1.29 is 13.2 Å². The molecule has 0 aliphatic rings. The zero-order valence-corrected chi connectivity index (χ0v) is 18.3. The van der Waals surface area contributed by atoms with E-state index in [2.05, 4.69) is 62.6 Å². The third-order valence-corrected chi connectivity index (χ3v) is 5.49. The number of anilines is 1. The van der Waals surface area contributed by atoms with Gasteiger partial charge in [-0.05, 0) is 47.6 Å². The topological polar surface area (TPSA) is 101 Å². The number of carbonyl (C=O) groups excluding carboxylic acids is 1. The van der Waals surface area contributed by atoms with E-state index in [1.54, 1.807) is 12.1 Å². The standard InChI is InChI=1S/C22H31N3O3S/c1-15(2)12-17-8-10-18(11-9-17)22(16(3)4)24-14-21(26)25-19-6-5-7-20(13-19)29(23,27)28/h5-11,13,15-16,22,24H,12,14H2,1-4H3,(H,25,26)(H2,23,27,28)/t22-/m1/s1. The largest absolute Gasteiger partial charge is 0.325 e. The van der Waals surface area contributed by atoms with Crippen LogP contribution in [0.4, 0.5) is 5.69 Å². The second kappa shape index (κ2) is 10.0. The molecule has 0 aliphatic carbocycles. The first-order valence-electron chi connectivity index (χ1n) is 9.81. The third-order valence-electron chi connectivity index (χ3n) is 4.58. The van der Waals surface area contributed by atoms with Crippen molar-refractivity contribution in [1.29, 1.82) is 0 Å². The van der Waals surface area contributed by atoms with Crippen LogP contribution in [0.25, 0.3) is 0 Å². The van der Waals surface area contributed by atoms with E-state index in [1.165, 1.54) is 17.7 Å². The maximum Gasteiger partial charge on any atom is 0.238 e. The summed E-state index contributed by atoms with van der Waals surface area (Å²) in [6.07, 6.45) is 1.04. The summed E-state index contributed by atoms with van der Waals surface area (Å²) in [6.45, 7) is 8.71. The average Bonchev–Trinajstić information content (AvgIpc) is 2.62. The van der Waals surface area contributed by atoms with Crippen LogP contribution in [0.5, 0.6) is 0 Å². The van der Waals surface area contributed by atoms with Gasteiger partial charge in [0.1, 0.15) is 0 Å². The van der Waals surface area contributed by atoms with Crippen LogP contribution in [0.2, 0.25) is 0 Å². The normalized spacial score (nSPS) is 12.9. The zero-order valence-electron chi connectivity index (χ0n) is 17.5. The summed E-state index contributed by atoms with van der Waals surface area (Å²) in [5.41, 5.74) is 2.83. The molecule has 1 amide bonds. The Balaban J connectivity index is 2.01. The molecule has 0 saturated carbocycles. The molecule has 4 N–H and O–H groups in total. The first kappa shape index (κ1) is 23.1. The molecule has 0 aromatic heterocycles. The quantitative estimate of drug-likeness (QED) is 0.581. The van der Waals surface area contributed by atoms with Gasteiger partial charge in [0, 0.05) is 11.7 Å². The molecule has 29 heavy (non-hydrogen) atoms. The van der Waals surface area contributed by atoms with Crippen molar-refractivity contribution in [2.24, 2.45) is 17.0 Å². The number of sulfonamides is 1. The number of benzene rings is 2. The molecular formula is C22H31N3O3S. The number of primary sulfonamides is 1. The van der Waals surface area contributed by atoms with Gasteiger partial charge in [-0.15, -0.1) is 0 Å². The SMILES string of the molecule is CC(C)Cc1ccc([C@H](NCC(=O)Nc2cccc(S(N)(=O)=O)c2)C(C)C)cc1. The minimum Gasteiger partial charge on any atom is -0.325 e. The Labute approximate surface area is 173 Å². The van der Waals surface area contributed by atoms with E-state index in [1.807, 2.05) is 0 Å². The van der Waals surface area contributed by atoms with E-state index in [-0.39, 0.29) is 23.4 Å². The summed E-state index contributed by atoms with van der Waals surface area (Å²) in [5, 5.41) is 11.2. The van der Waals surface area contributed by atoms with Crippen molar-refractivity contribution >= 4 is 21.6 Å². The first-order valence-corrected chi connectivity index (χ1v) is 11.4. The Hall–Kier alpha value is -2.22. The number of rotatable bonds is 9. The maximum absolute atomic E-state index is 12.4. The molecule has 6 nitrogen and oxygen atoms in total. The molecule has 0 radical (unpaired) electrons. The van der Waals surface area contributed by atoms with Gasteiger partial charge in [-0.2, -0.15) is 0 Å². The highest BCUT2D eigenvalue weighted by Crippen LogP contribution is 2.23. The lowest BCUT2D eigenvalue weighted by Gasteiger charge is -2.23. The van der Waals surface area contributed by atoms with Gasteiger partial charge in [0.2, 0.25) is 15.9 Å². The Kier molecular flexibility index (Phi) is 7.96. The van der Waals surface area contributed by atoms with E-state index < -0.39 is 10.0 Å². The fourth-order valence-electron chi connectivity index (χ4n) is 3.23. The Morgan fingerprint density at radius 1 is 1.03 bits per heavy atom. The fourth-order valence-corrected chi connectivity index (χ4v) is 3.79. The Morgan fingerprint density at radius 3 is 2.24 bits per heavy atom. The van der Waals surface area contributed by atoms with Gasteiger partial charge in [-0.3, -0.25) is 4.79 Å². The van der Waals surface area contributed by atoms with Crippen LogP contribution < -0.4 is 15.8 Å². The van der Waals surface area contributed by atoms with Crippen molar-refractivity contribution in [3.63, 3.8) is 0 Å². The second-order valence-corrected chi connectivity index (χ2v) is 9.62. The molecule has 0 fully saturated rings. The third kappa shape index (κ3) is 7.27. The van der Waals surface area contributed by atoms with Crippen LogP contribution in [0, 0.1) is 11.8 Å². The van der Waals surface area contributed by atoms with Crippen molar-refractivity contribution in [2.45, 2.75) is 45.1 Å². The molecule has 0 aliphatic heterocycles. The van der Waals surface area contributed by atoms with Crippen LogP contribution >= 0.6 is 0 Å². The summed E-state index contributed by atoms with van der Waals surface area (Å²) in [6, 6.07) is 14.5. The van der Waals surface area contributed by atoms with E-state index >= 15 is 0 Å². The number of amides is 1. The fraction of sp³-hybridized carbons (Fsp3) is 0.409. The Morgan fingerprint density at radius 2 is 1.69 bits per heavy atom. The van der Waals surface area contributed by atoms with Gasteiger partial charge in [-0.1, -0.05) is 58.0 Å². The van der Waals surface area contributed by atoms with Crippen molar-refractivity contribution in [1.82, 2.24) is 5.32 Å². The summed E-state index contributed by atoms with van der Waals surface area (Å²) in [5.74, 6) is 0.652. The zero-order chi connectivity index (χ0) is 21.6. The number of carbonyl (C=O) groups is 1. The lowest BCUT2D eigenvalue weighted by Crippen LogP contribution is -2.33. The molecule has 0 bridgehead atoms. The molecule has 158 valence electrons. The predicted molar refractivity (Wildman–Crippen MR) is 117 cm³/mol. The van der Waals surface area contributed by atoms with Crippen LogP contribution in [-0.2, 0) is 21.2 Å². The lowest BCUT2D eigenvalue weighted by atomic mass is 9.94. The van der Waals surface area contributed by atoms with Crippen molar-refractivity contribution in [3.8, 4) is 0 Å². The molecule has 2 rings (SSSR count). The van der Waals surface area contributed by atoms with E-state index in [4.69, 9.17) is 5.14 Å². The first-order chi connectivity index (χ1) is 13.6. The lowest BCUT2D eigenvalue weighted by molar-refractivity contribution is -0.115. The summed E-state index contributed by atoms with van der Waals surface area (Å²) in [4.78, 5) is 12.3. The number of nitrogens with two attached hydrogens (primary N) is 1. The van der Waals surface area contributed by atoms with Crippen molar-refractivity contribution in [3.05, 3.63) is 59.7 Å². The highest BCUT2D eigenvalue weighted by atomic mass is 32.2. The minimum atomic E-state index is -3.81. The van der Waals surface area contributed by atoms with Gasteiger partial charge in [0.15, 0.2) is 0 Å². The molecule has 0 saturated heterocycles. The number of hydrogen-bond acceptors (Lipinski definition) is 4. The minimum absolute atomic E-state index is 0.0320. The van der Waals surface area contributed by atoms with Gasteiger partial charge < -0.3 is 10.6 Å². The van der Waals surface area contributed by atoms with Crippen LogP contribution in [0.3, 0.4) is 0 Å². The molecule has 0 spiro atoms. The van der Waals surface area contributed by atoms with Crippen molar-refractivity contribution in [2.75, 3.05) is 11.9 Å². The monoisotopic (exact) mass is 417 g/mol. The molecule has 0 heterocycles.